The van der Waals surface area contributed by atoms with Crippen LogP contribution in [0.15, 0.2) is 41.2 Å². The maximum Gasteiger partial charge on any atom is 0.178 e. The molecule has 0 aliphatic heterocycles. The van der Waals surface area contributed by atoms with E-state index in [4.69, 9.17) is 21.9 Å². The summed E-state index contributed by atoms with van der Waals surface area (Å²) < 4.78 is 19.4. The standard InChI is InChI=1S/C15H11ClFN3O/c1-8-5-9(7-19-6-8)14-13(15(18)20-21-14)12-10(16)3-2-4-11(12)17/h2-7H,1H3,(H2,18,20). The molecule has 2 N–H and O–H groups in total. The van der Waals surface area contributed by atoms with Crippen molar-refractivity contribution >= 4 is 17.4 Å². The van der Waals surface area contributed by atoms with Gasteiger partial charge in [-0.2, -0.15) is 0 Å². The Bertz CT molecular complexity index is 796. The highest BCUT2D eigenvalue weighted by Crippen LogP contribution is 2.41. The summed E-state index contributed by atoms with van der Waals surface area (Å²) in [6, 6.07) is 6.28. The number of hydrogen-bond acceptors (Lipinski definition) is 4. The molecule has 2 aromatic heterocycles. The molecule has 0 spiro atoms. The number of aromatic nitrogens is 2. The normalized spacial score (nSPS) is 10.8. The fourth-order valence-electron chi connectivity index (χ4n) is 2.16. The summed E-state index contributed by atoms with van der Waals surface area (Å²) >= 11 is 6.10. The fourth-order valence-corrected chi connectivity index (χ4v) is 2.41. The zero-order valence-electron chi connectivity index (χ0n) is 11.1. The van der Waals surface area contributed by atoms with Crippen LogP contribution >= 0.6 is 11.6 Å². The Labute approximate surface area is 125 Å². The number of hydrogen-bond donors (Lipinski definition) is 1. The van der Waals surface area contributed by atoms with Crippen LogP contribution in [-0.2, 0) is 0 Å². The van der Waals surface area contributed by atoms with E-state index in [0.29, 0.717) is 16.9 Å². The minimum absolute atomic E-state index is 0.0820. The van der Waals surface area contributed by atoms with Gasteiger partial charge in [0.05, 0.1) is 10.6 Å². The van der Waals surface area contributed by atoms with Gasteiger partial charge in [0.1, 0.15) is 5.82 Å². The maximum atomic E-state index is 14.1. The quantitative estimate of drug-likeness (QED) is 0.774. The second-order valence-corrected chi connectivity index (χ2v) is 5.03. The Kier molecular flexibility index (Phi) is 3.35. The van der Waals surface area contributed by atoms with Gasteiger partial charge < -0.3 is 10.3 Å². The molecular weight excluding hydrogens is 293 g/mol. The maximum absolute atomic E-state index is 14.1. The number of pyridine rings is 1. The van der Waals surface area contributed by atoms with Crippen molar-refractivity contribution in [3.8, 4) is 22.5 Å². The molecule has 1 aromatic carbocycles. The number of nitrogens with two attached hydrogens (primary N) is 1. The van der Waals surface area contributed by atoms with E-state index in [2.05, 4.69) is 10.1 Å². The van der Waals surface area contributed by atoms with Gasteiger partial charge in [-0.05, 0) is 30.7 Å². The lowest BCUT2D eigenvalue weighted by molar-refractivity contribution is 0.436. The van der Waals surface area contributed by atoms with Crippen molar-refractivity contribution in [2.24, 2.45) is 0 Å². The van der Waals surface area contributed by atoms with Crippen LogP contribution in [0.5, 0.6) is 0 Å². The molecule has 0 aliphatic carbocycles. The van der Waals surface area contributed by atoms with Crippen LogP contribution in [-0.4, -0.2) is 10.1 Å². The summed E-state index contributed by atoms with van der Waals surface area (Å²) in [6.45, 7) is 1.89. The largest absolute Gasteiger partial charge is 0.380 e. The predicted octanol–water partition coefficient (Wildman–Crippen LogP) is 4.09. The summed E-state index contributed by atoms with van der Waals surface area (Å²) in [5.41, 5.74) is 7.95. The first-order valence-corrected chi connectivity index (χ1v) is 6.57. The third-order valence-electron chi connectivity index (χ3n) is 3.07. The lowest BCUT2D eigenvalue weighted by Crippen LogP contribution is -1.93. The summed E-state index contributed by atoms with van der Waals surface area (Å²) in [5, 5.41) is 3.97. The lowest BCUT2D eigenvalue weighted by atomic mass is 10.0. The molecule has 0 atom stereocenters. The van der Waals surface area contributed by atoms with Gasteiger partial charge in [-0.25, -0.2) is 4.39 Å². The highest BCUT2D eigenvalue weighted by atomic mass is 35.5. The predicted molar refractivity (Wildman–Crippen MR) is 79.3 cm³/mol. The topological polar surface area (TPSA) is 64.9 Å². The van der Waals surface area contributed by atoms with Crippen LogP contribution in [0.2, 0.25) is 5.02 Å². The van der Waals surface area contributed by atoms with E-state index >= 15 is 0 Å². The van der Waals surface area contributed by atoms with Crippen molar-refractivity contribution in [1.82, 2.24) is 10.1 Å². The second kappa shape index (κ2) is 5.18. The second-order valence-electron chi connectivity index (χ2n) is 4.62. The van der Waals surface area contributed by atoms with Crippen LogP contribution in [0.1, 0.15) is 5.56 Å². The van der Waals surface area contributed by atoms with Gasteiger partial charge in [0.15, 0.2) is 11.6 Å². The molecule has 0 aliphatic rings. The average molecular weight is 304 g/mol. The number of benzene rings is 1. The van der Waals surface area contributed by atoms with Gasteiger partial charge in [0.25, 0.3) is 0 Å². The van der Waals surface area contributed by atoms with Gasteiger partial charge in [-0.3, -0.25) is 4.98 Å². The summed E-state index contributed by atoms with van der Waals surface area (Å²) in [7, 11) is 0. The molecule has 4 nitrogen and oxygen atoms in total. The Hall–Kier alpha value is -2.40. The van der Waals surface area contributed by atoms with Gasteiger partial charge in [-0.15, -0.1) is 0 Å². The summed E-state index contributed by atoms with van der Waals surface area (Å²) in [4.78, 5) is 4.09. The molecule has 6 heteroatoms. The molecule has 106 valence electrons. The Morgan fingerprint density at radius 3 is 2.76 bits per heavy atom. The average Bonchev–Trinajstić information content (AvgIpc) is 2.81. The summed E-state index contributed by atoms with van der Waals surface area (Å²) in [6.07, 6.45) is 3.31. The summed E-state index contributed by atoms with van der Waals surface area (Å²) in [5.74, 6) is -0.0616. The van der Waals surface area contributed by atoms with Crippen LogP contribution in [0.25, 0.3) is 22.5 Å². The van der Waals surface area contributed by atoms with Crippen LogP contribution in [0, 0.1) is 12.7 Å². The molecule has 0 saturated heterocycles. The van der Waals surface area contributed by atoms with E-state index < -0.39 is 5.82 Å². The van der Waals surface area contributed by atoms with E-state index in [9.17, 15) is 4.39 Å². The van der Waals surface area contributed by atoms with Crippen LogP contribution in [0.4, 0.5) is 10.2 Å². The highest BCUT2D eigenvalue weighted by molar-refractivity contribution is 6.33. The first-order chi connectivity index (χ1) is 10.1. The molecule has 3 rings (SSSR count). The minimum Gasteiger partial charge on any atom is -0.380 e. The molecule has 3 aromatic rings. The van der Waals surface area contributed by atoms with Gasteiger partial charge in [0.2, 0.25) is 0 Å². The van der Waals surface area contributed by atoms with Gasteiger partial charge >= 0.3 is 0 Å². The fraction of sp³-hybridized carbons (Fsp3) is 0.0667. The highest BCUT2D eigenvalue weighted by Gasteiger charge is 2.23. The number of aryl methyl sites for hydroxylation is 1. The van der Waals surface area contributed by atoms with Crippen LogP contribution < -0.4 is 5.73 Å². The van der Waals surface area contributed by atoms with Gasteiger partial charge in [-0.1, -0.05) is 22.8 Å². The number of nitrogen functional groups attached to an aromatic ring is 1. The van der Waals surface area contributed by atoms with Crippen LogP contribution in [0.3, 0.4) is 0 Å². The molecule has 0 radical (unpaired) electrons. The first kappa shape index (κ1) is 13.6. The Balaban J connectivity index is 2.28. The van der Waals surface area contributed by atoms with E-state index in [1.54, 1.807) is 18.5 Å². The molecular formula is C15H11ClFN3O. The molecule has 2 heterocycles. The monoisotopic (exact) mass is 303 g/mol. The molecule has 21 heavy (non-hydrogen) atoms. The third-order valence-corrected chi connectivity index (χ3v) is 3.38. The van der Waals surface area contributed by atoms with Crippen molar-refractivity contribution in [3.63, 3.8) is 0 Å². The van der Waals surface area contributed by atoms with E-state index in [1.165, 1.54) is 12.1 Å². The number of nitrogens with zero attached hydrogens (tertiary/aromatic N) is 2. The van der Waals surface area contributed by atoms with Crippen molar-refractivity contribution in [2.45, 2.75) is 6.92 Å². The molecule has 0 amide bonds. The first-order valence-electron chi connectivity index (χ1n) is 6.19. The zero-order chi connectivity index (χ0) is 15.0. The smallest absolute Gasteiger partial charge is 0.178 e. The lowest BCUT2D eigenvalue weighted by Gasteiger charge is -2.06. The molecule has 0 fully saturated rings. The molecule has 0 bridgehead atoms. The van der Waals surface area contributed by atoms with Crippen molar-refractivity contribution < 1.29 is 8.91 Å². The van der Waals surface area contributed by atoms with Crippen molar-refractivity contribution in [2.75, 3.05) is 5.73 Å². The SMILES string of the molecule is Cc1cncc(-c2onc(N)c2-c2c(F)cccc2Cl)c1. The molecule has 0 unspecified atom stereocenters. The van der Waals surface area contributed by atoms with Crippen molar-refractivity contribution in [1.29, 1.82) is 0 Å². The van der Waals surface area contributed by atoms with Gasteiger partial charge in [0, 0.05) is 23.5 Å². The van der Waals surface area contributed by atoms with E-state index in [-0.39, 0.29) is 16.4 Å². The minimum atomic E-state index is -0.487. The number of anilines is 1. The Morgan fingerprint density at radius 1 is 1.24 bits per heavy atom. The third kappa shape index (κ3) is 2.36. The Morgan fingerprint density at radius 2 is 2.05 bits per heavy atom. The van der Waals surface area contributed by atoms with Crippen molar-refractivity contribution in [3.05, 3.63) is 53.1 Å². The number of rotatable bonds is 2. The molecule has 0 saturated carbocycles. The zero-order valence-corrected chi connectivity index (χ0v) is 11.9. The van der Waals surface area contributed by atoms with E-state index in [0.717, 1.165) is 5.56 Å². The number of halogens is 2. The van der Waals surface area contributed by atoms with E-state index in [1.807, 2.05) is 13.0 Å².